The molecule has 0 bridgehead atoms. The van der Waals surface area contributed by atoms with E-state index in [1.165, 1.54) is 13.8 Å². The van der Waals surface area contributed by atoms with Crippen molar-refractivity contribution in [3.8, 4) is 0 Å². The van der Waals surface area contributed by atoms with Crippen LogP contribution in [0.1, 0.15) is 59.0 Å². The zero-order valence-corrected chi connectivity index (χ0v) is 42.4. The van der Waals surface area contributed by atoms with Crippen LogP contribution < -0.4 is 31.1 Å². The number of nitrogens with zero attached hydrogens (tertiary/aromatic N) is 2. The number of halogens is 4. The average Bonchev–Trinajstić information content (AvgIpc) is 3.24. The Kier molecular flexibility index (Phi) is 24.8. The summed E-state index contributed by atoms with van der Waals surface area (Å²) in [4.78, 5) is 81.6. The van der Waals surface area contributed by atoms with Crippen LogP contribution in [-0.4, -0.2) is 190 Å². The Balaban J connectivity index is 2.62. The monoisotopic (exact) mass is 1340 g/mol. The van der Waals surface area contributed by atoms with Gasteiger partial charge in [0.15, 0.2) is 0 Å². The fourth-order valence-electron chi connectivity index (χ4n) is 6.01. The van der Waals surface area contributed by atoms with Gasteiger partial charge < -0.3 is 82.1 Å². The molecule has 0 radical (unpaired) electrons. The third-order valence-electron chi connectivity index (χ3n) is 9.27. The van der Waals surface area contributed by atoms with Crippen molar-refractivity contribution in [2.24, 2.45) is 0 Å². The molecule has 22 nitrogen and oxygen atoms in total. The van der Waals surface area contributed by atoms with Gasteiger partial charge in [0.25, 0.3) is 23.6 Å². The number of benzene rings is 2. The van der Waals surface area contributed by atoms with E-state index in [4.69, 9.17) is 0 Å². The molecule has 0 saturated carbocycles. The molecule has 0 heterocycles. The maximum absolute atomic E-state index is 13.6. The Labute approximate surface area is 415 Å². The van der Waals surface area contributed by atoms with E-state index in [1.807, 2.05) is 0 Å². The standard InChI is InChI=1S/C37H50I4N6O16/c1-16-24(34(60)42-4-22(58)12-52)29(39)33(30(40)25(16)36(62)44-18(8-48)9-49)47(15-55)7-21(57)3-20(56)6-46(14-54)32-17(2)26(37(63)45-19(10-50)11-51)28(38)27(31(32)41)35(61)43-5-23(59)13-53/h14-15,18-23,48-53,56-59H,3-13H2,1-2H3,(H,42,60)(H,43,61)(H,44,62)(H,45,63). The first-order chi connectivity index (χ1) is 29.7. The molecule has 0 aliphatic heterocycles. The fourth-order valence-corrected chi connectivity index (χ4v) is 11.9. The van der Waals surface area contributed by atoms with Gasteiger partial charge in [-0.3, -0.25) is 28.8 Å². The highest BCUT2D eigenvalue weighted by molar-refractivity contribution is 14.1. The number of aliphatic hydroxyl groups excluding tert-OH is 10. The maximum atomic E-state index is 13.6. The molecule has 2 aromatic carbocycles. The average molecular weight is 1340 g/mol. The Bertz CT molecular complexity index is 1820. The molecular formula is C37H50I4N6O16. The molecule has 2 rings (SSSR count). The molecule has 0 aliphatic carbocycles. The predicted molar refractivity (Wildman–Crippen MR) is 258 cm³/mol. The molecule has 0 aliphatic rings. The number of hydrogen-bond acceptors (Lipinski definition) is 16. The number of nitrogens with one attached hydrogen (secondary N) is 4. The topological polar surface area (TPSA) is 359 Å². The van der Waals surface area contributed by atoms with Gasteiger partial charge in [-0.05, 0) is 115 Å². The zero-order chi connectivity index (χ0) is 47.9. The number of amides is 6. The molecule has 4 unspecified atom stereocenters. The SMILES string of the molecule is Cc1c(C(=O)NCC(O)CO)c(I)c(N(C=O)CC(O)CC(O)CN(C=O)c2c(C)c(C(=O)NC(CO)CO)c(I)c(C(=O)NCC(O)CO)c2I)c(I)c1C(=O)NC(CO)CO. The molecule has 0 aromatic heterocycles. The molecule has 0 saturated heterocycles. The highest BCUT2D eigenvalue weighted by Gasteiger charge is 2.33. The lowest BCUT2D eigenvalue weighted by atomic mass is 9.98. The van der Waals surface area contributed by atoms with E-state index in [9.17, 15) is 79.8 Å². The molecule has 2 aromatic rings. The van der Waals surface area contributed by atoms with Crippen molar-refractivity contribution in [2.75, 3.05) is 75.6 Å². The summed E-state index contributed by atoms with van der Waals surface area (Å²) in [7, 11) is 0. The van der Waals surface area contributed by atoms with Crippen molar-refractivity contribution in [2.45, 2.75) is 56.8 Å². The summed E-state index contributed by atoms with van der Waals surface area (Å²) < 4.78 is 0.434. The van der Waals surface area contributed by atoms with Gasteiger partial charge >= 0.3 is 0 Å². The summed E-state index contributed by atoms with van der Waals surface area (Å²) in [6.07, 6.45) is -5.66. The third kappa shape index (κ3) is 14.9. The Morgan fingerprint density at radius 3 is 1.24 bits per heavy atom. The van der Waals surface area contributed by atoms with Crippen LogP contribution in [0.2, 0.25) is 0 Å². The largest absolute Gasteiger partial charge is 0.394 e. The maximum Gasteiger partial charge on any atom is 0.253 e. The molecule has 26 heteroatoms. The highest BCUT2D eigenvalue weighted by atomic mass is 127. The van der Waals surface area contributed by atoms with Crippen LogP contribution in [-0.2, 0) is 9.59 Å². The van der Waals surface area contributed by atoms with Crippen molar-refractivity contribution < 1.29 is 79.8 Å². The minimum atomic E-state index is -1.56. The smallest absolute Gasteiger partial charge is 0.253 e. The van der Waals surface area contributed by atoms with Gasteiger partial charge in [-0.15, -0.1) is 0 Å². The van der Waals surface area contributed by atoms with Crippen LogP contribution >= 0.6 is 90.4 Å². The van der Waals surface area contributed by atoms with E-state index in [2.05, 4.69) is 21.3 Å². The molecular weight excluding hydrogens is 1290 g/mol. The fraction of sp³-hybridized carbons (Fsp3) is 0.514. The molecule has 352 valence electrons. The molecule has 4 atom stereocenters. The lowest BCUT2D eigenvalue weighted by molar-refractivity contribution is -0.108. The molecule has 63 heavy (non-hydrogen) atoms. The second kappa shape index (κ2) is 27.4. The Morgan fingerprint density at radius 1 is 0.508 bits per heavy atom. The minimum absolute atomic E-state index is 0.0202. The van der Waals surface area contributed by atoms with Crippen molar-refractivity contribution >= 4 is 138 Å². The predicted octanol–water partition coefficient (Wildman–Crippen LogP) is -3.21. The van der Waals surface area contributed by atoms with Gasteiger partial charge in [-0.1, -0.05) is 0 Å². The van der Waals surface area contributed by atoms with Gasteiger partial charge in [0.05, 0.1) is 134 Å². The van der Waals surface area contributed by atoms with E-state index in [0.29, 0.717) is 12.8 Å². The number of anilines is 2. The summed E-state index contributed by atoms with van der Waals surface area (Å²) in [6, 6.07) is -2.20. The number of rotatable bonds is 26. The summed E-state index contributed by atoms with van der Waals surface area (Å²) in [5, 5.41) is 109. The summed E-state index contributed by atoms with van der Waals surface area (Å²) in [6.45, 7) is -2.89. The Hall–Kier alpha value is -2.22. The quantitative estimate of drug-likeness (QED) is 0.0326. The normalized spacial score (nSPS) is 13.2. The van der Waals surface area contributed by atoms with E-state index in [1.54, 1.807) is 90.4 Å². The number of aliphatic hydroxyl groups is 10. The van der Waals surface area contributed by atoms with Crippen LogP contribution in [0.3, 0.4) is 0 Å². The first-order valence-electron chi connectivity index (χ1n) is 18.8. The van der Waals surface area contributed by atoms with Gasteiger partial charge in [0.2, 0.25) is 12.8 Å². The number of carbonyl (C=O) groups is 6. The second-order valence-electron chi connectivity index (χ2n) is 13.9. The van der Waals surface area contributed by atoms with E-state index in [-0.39, 0.29) is 72.1 Å². The summed E-state index contributed by atoms with van der Waals surface area (Å²) in [5.74, 6) is -3.30. The van der Waals surface area contributed by atoms with Gasteiger partial charge in [-0.25, -0.2) is 0 Å². The number of carbonyl (C=O) groups excluding carboxylic acids is 6. The van der Waals surface area contributed by atoms with Crippen molar-refractivity contribution in [3.05, 3.63) is 47.7 Å². The second-order valence-corrected chi connectivity index (χ2v) is 18.2. The van der Waals surface area contributed by atoms with Gasteiger partial charge in [0.1, 0.15) is 0 Å². The van der Waals surface area contributed by atoms with Crippen LogP contribution in [0.5, 0.6) is 0 Å². The van der Waals surface area contributed by atoms with E-state index < -0.39 is 119 Å². The molecule has 0 fully saturated rings. The number of hydrogen-bond donors (Lipinski definition) is 14. The van der Waals surface area contributed by atoms with E-state index in [0.717, 1.165) is 9.80 Å². The molecule has 0 spiro atoms. The van der Waals surface area contributed by atoms with Crippen molar-refractivity contribution in [3.63, 3.8) is 0 Å². The minimum Gasteiger partial charge on any atom is -0.394 e. The van der Waals surface area contributed by atoms with Crippen LogP contribution in [0.25, 0.3) is 0 Å². The van der Waals surface area contributed by atoms with Crippen LogP contribution in [0.15, 0.2) is 0 Å². The van der Waals surface area contributed by atoms with E-state index >= 15 is 0 Å². The van der Waals surface area contributed by atoms with Gasteiger partial charge in [0, 0.05) is 23.1 Å². The first-order valence-corrected chi connectivity index (χ1v) is 23.1. The van der Waals surface area contributed by atoms with Gasteiger partial charge in [-0.2, -0.15) is 0 Å². The van der Waals surface area contributed by atoms with Crippen LogP contribution in [0, 0.1) is 28.1 Å². The van der Waals surface area contributed by atoms with Crippen molar-refractivity contribution in [1.82, 2.24) is 21.3 Å². The molecule has 6 amide bonds. The third-order valence-corrected chi connectivity index (χ3v) is 13.5. The summed E-state index contributed by atoms with van der Waals surface area (Å²) >= 11 is 7.02. The molecule has 14 N–H and O–H groups in total. The summed E-state index contributed by atoms with van der Waals surface area (Å²) in [5.41, 5.74) is -0.325. The highest BCUT2D eigenvalue weighted by Crippen LogP contribution is 2.38. The lowest BCUT2D eigenvalue weighted by Gasteiger charge is -2.30. The Morgan fingerprint density at radius 2 is 0.857 bits per heavy atom. The first kappa shape index (κ1) is 56.9. The van der Waals surface area contributed by atoms with Crippen molar-refractivity contribution in [1.29, 1.82) is 0 Å². The lowest BCUT2D eigenvalue weighted by Crippen LogP contribution is -2.42. The zero-order valence-electron chi connectivity index (χ0n) is 33.7. The van der Waals surface area contributed by atoms with Crippen LogP contribution in [0.4, 0.5) is 11.4 Å².